The summed E-state index contributed by atoms with van der Waals surface area (Å²) in [6, 6.07) is 0.377. The third-order valence-corrected chi connectivity index (χ3v) is 3.77. The number of hydrogen-bond acceptors (Lipinski definition) is 4. The SMILES string of the molecule is CC(C)(C)OC(=O)N1CCC(CN2CC(N)C2)CC1. The maximum atomic E-state index is 11.9. The normalized spacial score (nSPS) is 23.3. The van der Waals surface area contributed by atoms with Crippen molar-refractivity contribution in [3.63, 3.8) is 0 Å². The van der Waals surface area contributed by atoms with Crippen molar-refractivity contribution in [2.75, 3.05) is 32.7 Å². The van der Waals surface area contributed by atoms with Crippen LogP contribution in [-0.2, 0) is 4.74 Å². The van der Waals surface area contributed by atoms with E-state index in [-0.39, 0.29) is 6.09 Å². The molecule has 0 aromatic carbocycles. The van der Waals surface area contributed by atoms with Gasteiger partial charge in [-0.05, 0) is 39.5 Å². The van der Waals surface area contributed by atoms with E-state index in [0.29, 0.717) is 12.0 Å². The lowest BCUT2D eigenvalue weighted by molar-refractivity contribution is 0.0153. The van der Waals surface area contributed by atoms with Crippen LogP contribution in [0, 0.1) is 5.92 Å². The molecule has 2 aliphatic rings. The third-order valence-electron chi connectivity index (χ3n) is 3.77. The fourth-order valence-electron chi connectivity index (χ4n) is 2.75. The number of nitrogens with two attached hydrogens (primary N) is 1. The van der Waals surface area contributed by atoms with Gasteiger partial charge < -0.3 is 15.4 Å². The first kappa shape index (κ1) is 14.6. The molecule has 110 valence electrons. The van der Waals surface area contributed by atoms with Crippen LogP contribution in [0.2, 0.25) is 0 Å². The summed E-state index contributed by atoms with van der Waals surface area (Å²) < 4.78 is 5.40. The molecule has 0 aromatic heterocycles. The van der Waals surface area contributed by atoms with Crippen LogP contribution in [0.3, 0.4) is 0 Å². The smallest absolute Gasteiger partial charge is 0.410 e. The molecule has 2 heterocycles. The van der Waals surface area contributed by atoms with Crippen molar-refractivity contribution in [1.29, 1.82) is 0 Å². The van der Waals surface area contributed by atoms with Gasteiger partial charge in [0.25, 0.3) is 0 Å². The summed E-state index contributed by atoms with van der Waals surface area (Å²) in [5, 5.41) is 0. The van der Waals surface area contributed by atoms with Gasteiger partial charge in [-0.25, -0.2) is 4.79 Å². The molecule has 0 unspecified atom stereocenters. The van der Waals surface area contributed by atoms with Crippen molar-refractivity contribution >= 4 is 6.09 Å². The van der Waals surface area contributed by atoms with Gasteiger partial charge in [-0.2, -0.15) is 0 Å². The molecule has 0 aliphatic carbocycles. The number of piperidine rings is 1. The zero-order valence-corrected chi connectivity index (χ0v) is 12.4. The molecule has 0 saturated carbocycles. The average molecular weight is 269 g/mol. The van der Waals surface area contributed by atoms with E-state index in [2.05, 4.69) is 4.90 Å². The quantitative estimate of drug-likeness (QED) is 0.820. The van der Waals surface area contributed by atoms with Crippen LogP contribution in [0.1, 0.15) is 33.6 Å². The molecule has 2 rings (SSSR count). The van der Waals surface area contributed by atoms with Crippen molar-refractivity contribution in [2.45, 2.75) is 45.3 Å². The topological polar surface area (TPSA) is 58.8 Å². The van der Waals surface area contributed by atoms with Gasteiger partial charge >= 0.3 is 6.09 Å². The molecule has 2 aliphatic heterocycles. The average Bonchev–Trinajstić information content (AvgIpc) is 2.25. The molecule has 0 atom stereocenters. The molecule has 0 bridgehead atoms. The number of nitrogens with zero attached hydrogens (tertiary/aromatic N) is 2. The highest BCUT2D eigenvalue weighted by molar-refractivity contribution is 5.68. The highest BCUT2D eigenvalue weighted by Crippen LogP contribution is 2.22. The lowest BCUT2D eigenvalue weighted by Gasteiger charge is -2.41. The predicted molar refractivity (Wildman–Crippen MR) is 74.9 cm³/mol. The van der Waals surface area contributed by atoms with Crippen molar-refractivity contribution in [1.82, 2.24) is 9.80 Å². The Morgan fingerprint density at radius 3 is 2.32 bits per heavy atom. The Balaban J connectivity index is 1.68. The highest BCUT2D eigenvalue weighted by atomic mass is 16.6. The molecule has 19 heavy (non-hydrogen) atoms. The zero-order chi connectivity index (χ0) is 14.0. The van der Waals surface area contributed by atoms with Crippen LogP contribution in [0.5, 0.6) is 0 Å². The Kier molecular flexibility index (Phi) is 4.36. The summed E-state index contributed by atoms with van der Waals surface area (Å²) >= 11 is 0. The molecule has 2 fully saturated rings. The number of rotatable bonds is 2. The monoisotopic (exact) mass is 269 g/mol. The minimum Gasteiger partial charge on any atom is -0.444 e. The van der Waals surface area contributed by atoms with E-state index in [0.717, 1.165) is 45.6 Å². The summed E-state index contributed by atoms with van der Waals surface area (Å²) in [5.41, 5.74) is 5.38. The van der Waals surface area contributed by atoms with Crippen molar-refractivity contribution < 1.29 is 9.53 Å². The summed E-state index contributed by atoms with van der Waals surface area (Å²) in [4.78, 5) is 16.2. The number of carbonyl (C=O) groups is 1. The van der Waals surface area contributed by atoms with E-state index in [4.69, 9.17) is 10.5 Å². The molecule has 0 spiro atoms. The summed E-state index contributed by atoms with van der Waals surface area (Å²) in [5.74, 6) is 0.700. The molecular weight excluding hydrogens is 242 g/mol. The van der Waals surface area contributed by atoms with Crippen LogP contribution < -0.4 is 5.73 Å². The molecule has 0 aromatic rings. The second-order valence-electron chi connectivity index (χ2n) is 6.89. The van der Waals surface area contributed by atoms with Gasteiger partial charge in [-0.1, -0.05) is 0 Å². The number of amides is 1. The van der Waals surface area contributed by atoms with Gasteiger partial charge in [0.1, 0.15) is 5.60 Å². The first-order chi connectivity index (χ1) is 8.83. The van der Waals surface area contributed by atoms with E-state index < -0.39 is 5.60 Å². The first-order valence-electron chi connectivity index (χ1n) is 7.29. The molecule has 2 N–H and O–H groups in total. The Morgan fingerprint density at radius 2 is 1.84 bits per heavy atom. The summed E-state index contributed by atoms with van der Waals surface area (Å²) in [7, 11) is 0. The molecule has 0 radical (unpaired) electrons. The minimum absolute atomic E-state index is 0.170. The molecule has 5 nitrogen and oxygen atoms in total. The summed E-state index contributed by atoms with van der Waals surface area (Å²) in [6.07, 6.45) is 1.98. The Bertz CT molecular complexity index is 313. The van der Waals surface area contributed by atoms with Crippen molar-refractivity contribution in [2.24, 2.45) is 11.7 Å². The van der Waals surface area contributed by atoms with E-state index in [1.165, 1.54) is 0 Å². The predicted octanol–water partition coefficient (Wildman–Crippen LogP) is 1.28. The van der Waals surface area contributed by atoms with E-state index in [9.17, 15) is 4.79 Å². The molecular formula is C14H27N3O2. The summed E-state index contributed by atoms with van der Waals surface area (Å²) in [6.45, 7) is 10.6. The van der Waals surface area contributed by atoms with E-state index in [1.807, 2.05) is 25.7 Å². The van der Waals surface area contributed by atoms with Crippen LogP contribution >= 0.6 is 0 Å². The van der Waals surface area contributed by atoms with Gasteiger partial charge in [-0.15, -0.1) is 0 Å². The van der Waals surface area contributed by atoms with Gasteiger partial charge in [-0.3, -0.25) is 4.90 Å². The molecule has 5 heteroatoms. The standard InChI is InChI=1S/C14H27N3O2/c1-14(2,3)19-13(18)17-6-4-11(5-7-17)8-16-9-12(15)10-16/h11-12H,4-10,15H2,1-3H3. The Labute approximate surface area is 116 Å². The first-order valence-corrected chi connectivity index (χ1v) is 7.29. The largest absolute Gasteiger partial charge is 0.444 e. The number of carbonyl (C=O) groups excluding carboxylic acids is 1. The van der Waals surface area contributed by atoms with Gasteiger partial charge in [0, 0.05) is 38.8 Å². The van der Waals surface area contributed by atoms with Crippen LogP contribution in [0.15, 0.2) is 0 Å². The van der Waals surface area contributed by atoms with Crippen LogP contribution in [0.25, 0.3) is 0 Å². The number of ether oxygens (including phenoxy) is 1. The second-order valence-corrected chi connectivity index (χ2v) is 6.89. The van der Waals surface area contributed by atoms with E-state index in [1.54, 1.807) is 0 Å². The maximum Gasteiger partial charge on any atom is 0.410 e. The van der Waals surface area contributed by atoms with Crippen molar-refractivity contribution in [3.05, 3.63) is 0 Å². The number of hydrogen-bond donors (Lipinski definition) is 1. The van der Waals surface area contributed by atoms with Gasteiger partial charge in [0.05, 0.1) is 0 Å². The van der Waals surface area contributed by atoms with Gasteiger partial charge in [0.15, 0.2) is 0 Å². The molecule has 2 saturated heterocycles. The van der Waals surface area contributed by atoms with E-state index >= 15 is 0 Å². The zero-order valence-electron chi connectivity index (χ0n) is 12.4. The van der Waals surface area contributed by atoms with Crippen LogP contribution in [0.4, 0.5) is 4.79 Å². The van der Waals surface area contributed by atoms with Crippen LogP contribution in [-0.4, -0.2) is 60.3 Å². The lowest BCUT2D eigenvalue weighted by Crippen LogP contribution is -2.57. The Morgan fingerprint density at radius 1 is 1.26 bits per heavy atom. The maximum absolute atomic E-state index is 11.9. The van der Waals surface area contributed by atoms with Crippen molar-refractivity contribution in [3.8, 4) is 0 Å². The highest BCUT2D eigenvalue weighted by Gasteiger charge is 2.30. The number of likely N-dealkylation sites (tertiary alicyclic amines) is 2. The molecule has 1 amide bonds. The fraction of sp³-hybridized carbons (Fsp3) is 0.929. The van der Waals surface area contributed by atoms with Gasteiger partial charge in [0.2, 0.25) is 0 Å². The Hall–Kier alpha value is -0.810. The second kappa shape index (κ2) is 5.67. The third kappa shape index (κ3) is 4.35. The fourth-order valence-corrected chi connectivity index (χ4v) is 2.75. The minimum atomic E-state index is -0.401. The lowest BCUT2D eigenvalue weighted by atomic mass is 9.94.